The molecule has 0 fully saturated rings. The second-order valence-electron chi connectivity index (χ2n) is 6.93. The normalized spacial score (nSPS) is 12.6. The summed E-state index contributed by atoms with van der Waals surface area (Å²) in [6.45, 7) is 0.560. The van der Waals surface area contributed by atoms with Crippen LogP contribution in [-0.2, 0) is 4.74 Å². The molecule has 0 radical (unpaired) electrons. The van der Waals surface area contributed by atoms with Gasteiger partial charge in [0.2, 0.25) is 0 Å². The molecule has 0 aliphatic heterocycles. The Morgan fingerprint density at radius 1 is 1.03 bits per heavy atom. The summed E-state index contributed by atoms with van der Waals surface area (Å²) < 4.78 is 5.48. The van der Waals surface area contributed by atoms with Crippen LogP contribution >= 0.6 is 0 Å². The maximum atomic E-state index is 12.1. The number of carbonyl (C=O) groups is 1. The quantitative estimate of drug-likeness (QED) is 0.444. The molecular formula is C24H22N2O3. The molecule has 3 aromatic rings. The molecule has 5 heteroatoms. The number of phenols is 1. The van der Waals surface area contributed by atoms with Gasteiger partial charge in [0.15, 0.2) is 0 Å². The van der Waals surface area contributed by atoms with E-state index in [9.17, 15) is 9.90 Å². The SMILES string of the molecule is Nc1ccc(O)c(C=CCNC(=O)OCC2c3ccccc3-c3ccccc32)c1. The smallest absolute Gasteiger partial charge is 0.407 e. The highest BCUT2D eigenvalue weighted by molar-refractivity contribution is 5.79. The largest absolute Gasteiger partial charge is 0.507 e. The average molecular weight is 386 g/mol. The molecule has 1 aliphatic carbocycles. The second kappa shape index (κ2) is 8.10. The van der Waals surface area contributed by atoms with Crippen molar-refractivity contribution in [2.75, 3.05) is 18.9 Å². The van der Waals surface area contributed by atoms with Gasteiger partial charge >= 0.3 is 6.09 Å². The van der Waals surface area contributed by atoms with Crippen molar-refractivity contribution in [1.82, 2.24) is 5.32 Å². The number of hydrogen-bond donors (Lipinski definition) is 3. The molecule has 4 rings (SSSR count). The minimum absolute atomic E-state index is 0.0351. The molecule has 146 valence electrons. The summed E-state index contributed by atoms with van der Waals surface area (Å²) in [4.78, 5) is 12.1. The second-order valence-corrected chi connectivity index (χ2v) is 6.93. The van der Waals surface area contributed by atoms with Crippen molar-refractivity contribution in [3.8, 4) is 16.9 Å². The van der Waals surface area contributed by atoms with E-state index >= 15 is 0 Å². The van der Waals surface area contributed by atoms with Gasteiger partial charge in [-0.25, -0.2) is 4.79 Å². The first-order valence-electron chi connectivity index (χ1n) is 9.47. The average Bonchev–Trinajstić information content (AvgIpc) is 3.06. The molecular weight excluding hydrogens is 364 g/mol. The number of phenolic OH excluding ortho intramolecular Hbond substituents is 1. The Morgan fingerprint density at radius 3 is 2.38 bits per heavy atom. The summed E-state index contributed by atoms with van der Waals surface area (Å²) in [6, 6.07) is 21.3. The number of carbonyl (C=O) groups excluding carboxylic acids is 1. The molecule has 1 amide bonds. The Kier molecular flexibility index (Phi) is 5.20. The predicted molar refractivity (Wildman–Crippen MR) is 115 cm³/mol. The number of anilines is 1. The maximum Gasteiger partial charge on any atom is 0.407 e. The van der Waals surface area contributed by atoms with Gasteiger partial charge in [-0.05, 0) is 40.5 Å². The highest BCUT2D eigenvalue weighted by atomic mass is 16.5. The van der Waals surface area contributed by atoms with Crippen LogP contribution in [0.3, 0.4) is 0 Å². The number of hydrogen-bond acceptors (Lipinski definition) is 4. The molecule has 4 N–H and O–H groups in total. The fourth-order valence-electron chi connectivity index (χ4n) is 3.68. The summed E-state index contributed by atoms with van der Waals surface area (Å²) in [7, 11) is 0. The van der Waals surface area contributed by atoms with E-state index in [0.717, 1.165) is 0 Å². The van der Waals surface area contributed by atoms with Gasteiger partial charge in [-0.15, -0.1) is 0 Å². The summed E-state index contributed by atoms with van der Waals surface area (Å²) in [5, 5.41) is 12.5. The molecule has 0 atom stereocenters. The highest BCUT2D eigenvalue weighted by Gasteiger charge is 2.28. The van der Waals surface area contributed by atoms with Gasteiger partial charge in [0.05, 0.1) is 0 Å². The first-order chi connectivity index (χ1) is 14.1. The molecule has 1 aliphatic rings. The third kappa shape index (κ3) is 3.94. The van der Waals surface area contributed by atoms with Gasteiger partial charge in [-0.2, -0.15) is 0 Å². The van der Waals surface area contributed by atoms with E-state index in [4.69, 9.17) is 10.5 Å². The number of nitrogen functional groups attached to an aromatic ring is 1. The molecule has 0 saturated carbocycles. The lowest BCUT2D eigenvalue weighted by molar-refractivity contribution is 0.144. The Hall–Kier alpha value is -3.73. The summed E-state index contributed by atoms with van der Waals surface area (Å²) in [5.41, 5.74) is 11.6. The molecule has 5 nitrogen and oxygen atoms in total. The number of nitrogens with two attached hydrogens (primary N) is 1. The zero-order valence-corrected chi connectivity index (χ0v) is 15.8. The van der Waals surface area contributed by atoms with Crippen LogP contribution in [0.1, 0.15) is 22.6 Å². The van der Waals surface area contributed by atoms with Crippen LogP contribution < -0.4 is 11.1 Å². The maximum absolute atomic E-state index is 12.1. The number of benzene rings is 3. The van der Waals surface area contributed by atoms with Crippen molar-refractivity contribution in [3.05, 3.63) is 89.5 Å². The van der Waals surface area contributed by atoms with E-state index in [2.05, 4.69) is 29.6 Å². The number of rotatable bonds is 5. The zero-order valence-electron chi connectivity index (χ0n) is 15.8. The molecule has 0 bridgehead atoms. The molecule has 0 saturated heterocycles. The fraction of sp³-hybridized carbons (Fsp3) is 0.125. The van der Waals surface area contributed by atoms with Crippen molar-refractivity contribution in [3.63, 3.8) is 0 Å². The van der Waals surface area contributed by atoms with Crippen molar-refractivity contribution in [1.29, 1.82) is 0 Å². The standard InChI is InChI=1S/C24H22N2O3/c25-17-11-12-23(27)16(14-17)6-5-13-26-24(28)29-15-22-20-9-3-1-7-18(20)19-8-2-4-10-21(19)22/h1-12,14,22,27H,13,15,25H2,(H,26,28). The monoisotopic (exact) mass is 386 g/mol. The van der Waals surface area contributed by atoms with Gasteiger partial charge < -0.3 is 20.9 Å². The summed E-state index contributed by atoms with van der Waals surface area (Å²) in [5.74, 6) is 0.171. The molecule has 0 spiro atoms. The minimum atomic E-state index is -0.478. The van der Waals surface area contributed by atoms with Gasteiger partial charge in [-0.1, -0.05) is 60.7 Å². The predicted octanol–water partition coefficient (Wildman–Crippen LogP) is 4.53. The van der Waals surface area contributed by atoms with Crippen LogP contribution in [0.5, 0.6) is 5.75 Å². The molecule has 0 heterocycles. The number of alkyl carbamates (subject to hydrolysis) is 1. The number of fused-ring (bicyclic) bond motifs is 3. The Bertz CT molecular complexity index is 1030. The van der Waals surface area contributed by atoms with Gasteiger partial charge in [0.1, 0.15) is 12.4 Å². The van der Waals surface area contributed by atoms with Crippen LogP contribution in [0.2, 0.25) is 0 Å². The third-order valence-corrected chi connectivity index (χ3v) is 5.06. The summed E-state index contributed by atoms with van der Waals surface area (Å²) >= 11 is 0. The Morgan fingerprint density at radius 2 is 1.69 bits per heavy atom. The summed E-state index contributed by atoms with van der Waals surface area (Å²) in [6.07, 6.45) is 2.96. The number of amides is 1. The lowest BCUT2D eigenvalue weighted by Crippen LogP contribution is -2.26. The van der Waals surface area contributed by atoms with Crippen LogP contribution in [0.4, 0.5) is 10.5 Å². The third-order valence-electron chi connectivity index (χ3n) is 5.06. The molecule has 3 aromatic carbocycles. The molecule has 29 heavy (non-hydrogen) atoms. The lowest BCUT2D eigenvalue weighted by Gasteiger charge is -2.14. The van der Waals surface area contributed by atoms with E-state index in [1.807, 2.05) is 24.3 Å². The van der Waals surface area contributed by atoms with E-state index in [1.54, 1.807) is 24.3 Å². The van der Waals surface area contributed by atoms with Crippen LogP contribution in [0.25, 0.3) is 17.2 Å². The van der Waals surface area contributed by atoms with Crippen LogP contribution in [0.15, 0.2) is 72.8 Å². The molecule has 0 aromatic heterocycles. The fourth-order valence-corrected chi connectivity index (χ4v) is 3.68. The Balaban J connectivity index is 1.34. The first kappa shape index (κ1) is 18.6. The van der Waals surface area contributed by atoms with E-state index in [-0.39, 0.29) is 24.8 Å². The van der Waals surface area contributed by atoms with Crippen molar-refractivity contribution < 1.29 is 14.6 Å². The van der Waals surface area contributed by atoms with E-state index < -0.39 is 6.09 Å². The zero-order chi connectivity index (χ0) is 20.2. The van der Waals surface area contributed by atoms with E-state index in [1.165, 1.54) is 28.3 Å². The number of aromatic hydroxyl groups is 1. The lowest BCUT2D eigenvalue weighted by atomic mass is 9.98. The van der Waals surface area contributed by atoms with Crippen molar-refractivity contribution in [2.45, 2.75) is 5.92 Å². The number of ether oxygens (including phenoxy) is 1. The Labute approximate surface area is 169 Å². The number of nitrogens with one attached hydrogen (secondary N) is 1. The highest BCUT2D eigenvalue weighted by Crippen LogP contribution is 2.44. The van der Waals surface area contributed by atoms with E-state index in [0.29, 0.717) is 11.3 Å². The van der Waals surface area contributed by atoms with Crippen molar-refractivity contribution >= 4 is 17.9 Å². The van der Waals surface area contributed by atoms with Crippen LogP contribution in [-0.4, -0.2) is 24.4 Å². The van der Waals surface area contributed by atoms with Gasteiger partial charge in [0.25, 0.3) is 0 Å². The first-order valence-corrected chi connectivity index (χ1v) is 9.47. The minimum Gasteiger partial charge on any atom is -0.507 e. The van der Waals surface area contributed by atoms with Crippen LogP contribution in [0, 0.1) is 0 Å². The van der Waals surface area contributed by atoms with Gasteiger partial charge in [0, 0.05) is 23.7 Å². The molecule has 0 unspecified atom stereocenters. The van der Waals surface area contributed by atoms with Crippen molar-refractivity contribution in [2.24, 2.45) is 0 Å². The van der Waals surface area contributed by atoms with Gasteiger partial charge in [-0.3, -0.25) is 0 Å². The topological polar surface area (TPSA) is 84.6 Å².